The van der Waals surface area contributed by atoms with Gasteiger partial charge in [0, 0.05) is 13.6 Å². The van der Waals surface area contributed by atoms with Crippen molar-refractivity contribution in [1.29, 1.82) is 0 Å². The van der Waals surface area contributed by atoms with Gasteiger partial charge in [0.25, 0.3) is 10.0 Å². The number of carbonyl (C=O) groups is 1. The summed E-state index contributed by atoms with van der Waals surface area (Å²) < 4.78 is 78.0. The average molecular weight is 523 g/mol. The summed E-state index contributed by atoms with van der Waals surface area (Å²) in [5.41, 5.74) is -0.624. The molecule has 3 aromatic carbocycles. The molecule has 11 heteroatoms. The molecule has 1 amide bonds. The first-order valence-electron chi connectivity index (χ1n) is 10.7. The van der Waals surface area contributed by atoms with Crippen LogP contribution < -0.4 is 13.8 Å². The van der Waals surface area contributed by atoms with Crippen molar-refractivity contribution in [2.45, 2.75) is 17.6 Å². The number of benzene rings is 3. The van der Waals surface area contributed by atoms with Crippen molar-refractivity contribution in [3.63, 3.8) is 0 Å². The Morgan fingerprint density at radius 2 is 1.56 bits per heavy atom. The Morgan fingerprint density at radius 3 is 2.17 bits per heavy atom. The van der Waals surface area contributed by atoms with E-state index in [1.165, 1.54) is 56.5 Å². The molecule has 0 heterocycles. The number of carbonyl (C=O) groups excluding carboxylic acids is 1. The van der Waals surface area contributed by atoms with Gasteiger partial charge >= 0.3 is 6.18 Å². The summed E-state index contributed by atoms with van der Waals surface area (Å²) in [6.07, 6.45) is -4.69. The molecule has 0 unspecified atom stereocenters. The Balaban J connectivity index is 1.94. The van der Waals surface area contributed by atoms with Gasteiger partial charge in [-0.2, -0.15) is 13.2 Å². The summed E-state index contributed by atoms with van der Waals surface area (Å²) in [5.74, 6) is 0.328. The van der Waals surface area contributed by atoms with E-state index in [0.29, 0.717) is 27.4 Å². The number of methoxy groups -OCH3 is 2. The highest BCUT2D eigenvalue weighted by Crippen LogP contribution is 2.33. The molecule has 3 rings (SSSR count). The van der Waals surface area contributed by atoms with E-state index in [2.05, 4.69) is 0 Å². The molecule has 0 bridgehead atoms. The van der Waals surface area contributed by atoms with Crippen LogP contribution >= 0.6 is 0 Å². The van der Waals surface area contributed by atoms with E-state index in [1.54, 1.807) is 24.3 Å². The van der Waals surface area contributed by atoms with Crippen LogP contribution in [0.25, 0.3) is 0 Å². The number of hydrogen-bond donors (Lipinski definition) is 0. The van der Waals surface area contributed by atoms with Crippen LogP contribution in [0.5, 0.6) is 11.5 Å². The van der Waals surface area contributed by atoms with Crippen LogP contribution in [-0.4, -0.2) is 47.0 Å². The summed E-state index contributed by atoms with van der Waals surface area (Å²) >= 11 is 0. The number of likely N-dealkylation sites (N-methyl/N-ethyl adjacent to an activating group) is 1. The van der Waals surface area contributed by atoms with Crippen LogP contribution in [-0.2, 0) is 27.5 Å². The van der Waals surface area contributed by atoms with Gasteiger partial charge in [-0.05, 0) is 48.0 Å². The molecular weight excluding hydrogens is 497 g/mol. The largest absolute Gasteiger partial charge is 0.493 e. The molecule has 0 radical (unpaired) electrons. The van der Waals surface area contributed by atoms with Crippen molar-refractivity contribution in [2.24, 2.45) is 0 Å². The Labute approximate surface area is 207 Å². The van der Waals surface area contributed by atoms with E-state index < -0.39 is 34.2 Å². The van der Waals surface area contributed by atoms with Crippen LogP contribution in [0.1, 0.15) is 11.1 Å². The number of hydrogen-bond acceptors (Lipinski definition) is 5. The predicted molar refractivity (Wildman–Crippen MR) is 128 cm³/mol. The van der Waals surface area contributed by atoms with E-state index >= 15 is 0 Å². The normalized spacial score (nSPS) is 11.6. The van der Waals surface area contributed by atoms with Gasteiger partial charge in [-0.15, -0.1) is 0 Å². The Kier molecular flexibility index (Phi) is 8.13. The second-order valence-electron chi connectivity index (χ2n) is 7.81. The minimum atomic E-state index is -4.69. The van der Waals surface area contributed by atoms with E-state index in [0.717, 1.165) is 12.1 Å². The lowest BCUT2D eigenvalue weighted by Gasteiger charge is -2.27. The monoisotopic (exact) mass is 522 g/mol. The molecule has 192 valence electrons. The Morgan fingerprint density at radius 1 is 0.889 bits per heavy atom. The fraction of sp³-hybridized carbons (Fsp3) is 0.240. The van der Waals surface area contributed by atoms with Gasteiger partial charge < -0.3 is 14.4 Å². The quantitative estimate of drug-likeness (QED) is 0.411. The lowest BCUT2D eigenvalue weighted by Crippen LogP contribution is -2.41. The first kappa shape index (κ1) is 26.9. The van der Waals surface area contributed by atoms with E-state index in [4.69, 9.17) is 9.47 Å². The number of amides is 1. The van der Waals surface area contributed by atoms with Gasteiger partial charge in [0.2, 0.25) is 5.91 Å². The average Bonchev–Trinajstić information content (AvgIpc) is 2.86. The van der Waals surface area contributed by atoms with Gasteiger partial charge in [-0.1, -0.05) is 30.3 Å². The van der Waals surface area contributed by atoms with Crippen LogP contribution in [0.4, 0.5) is 18.9 Å². The van der Waals surface area contributed by atoms with Crippen molar-refractivity contribution in [2.75, 3.05) is 32.1 Å². The number of ether oxygens (including phenoxy) is 2. The van der Waals surface area contributed by atoms with Crippen molar-refractivity contribution in [3.05, 3.63) is 83.9 Å². The fourth-order valence-corrected chi connectivity index (χ4v) is 4.88. The molecule has 0 spiro atoms. The zero-order valence-electron chi connectivity index (χ0n) is 19.8. The molecule has 0 saturated heterocycles. The number of alkyl halides is 3. The highest BCUT2D eigenvalue weighted by atomic mass is 32.2. The van der Waals surface area contributed by atoms with E-state index in [-0.39, 0.29) is 17.1 Å². The van der Waals surface area contributed by atoms with Gasteiger partial charge in [0.05, 0.1) is 30.4 Å². The lowest BCUT2D eigenvalue weighted by atomic mass is 10.2. The third-order valence-corrected chi connectivity index (χ3v) is 7.15. The predicted octanol–water partition coefficient (Wildman–Crippen LogP) is 4.58. The Hall–Kier alpha value is -3.73. The third-order valence-electron chi connectivity index (χ3n) is 5.36. The number of rotatable bonds is 9. The molecule has 0 saturated carbocycles. The molecule has 36 heavy (non-hydrogen) atoms. The highest BCUT2D eigenvalue weighted by molar-refractivity contribution is 7.92. The zero-order valence-corrected chi connectivity index (χ0v) is 20.6. The maximum atomic E-state index is 13.4. The van der Waals surface area contributed by atoms with Crippen molar-refractivity contribution < 1.29 is 35.9 Å². The molecule has 0 aliphatic heterocycles. The second kappa shape index (κ2) is 10.9. The minimum absolute atomic E-state index is 0.0982. The Bertz CT molecular complexity index is 1310. The van der Waals surface area contributed by atoms with Crippen LogP contribution in [0, 0.1) is 0 Å². The third kappa shape index (κ3) is 6.09. The maximum Gasteiger partial charge on any atom is 0.416 e. The smallest absolute Gasteiger partial charge is 0.416 e. The second-order valence-corrected chi connectivity index (χ2v) is 9.67. The molecule has 3 aromatic rings. The minimum Gasteiger partial charge on any atom is -0.493 e. The summed E-state index contributed by atoms with van der Waals surface area (Å²) in [6, 6.07) is 16.1. The number of halogens is 3. The lowest BCUT2D eigenvalue weighted by molar-refractivity contribution is -0.137. The summed E-state index contributed by atoms with van der Waals surface area (Å²) in [5, 5.41) is 0. The van der Waals surface area contributed by atoms with Crippen LogP contribution in [0.15, 0.2) is 77.7 Å². The molecule has 0 aliphatic carbocycles. The van der Waals surface area contributed by atoms with E-state index in [9.17, 15) is 26.4 Å². The fourth-order valence-electron chi connectivity index (χ4n) is 3.46. The van der Waals surface area contributed by atoms with Crippen molar-refractivity contribution in [3.8, 4) is 11.5 Å². The maximum absolute atomic E-state index is 13.4. The molecule has 0 atom stereocenters. The van der Waals surface area contributed by atoms with Crippen LogP contribution in [0.2, 0.25) is 0 Å². The molecule has 0 N–H and O–H groups in total. The summed E-state index contributed by atoms with van der Waals surface area (Å²) in [4.78, 5) is 14.2. The zero-order chi connectivity index (χ0) is 26.5. The van der Waals surface area contributed by atoms with Crippen molar-refractivity contribution >= 4 is 21.6 Å². The molecular formula is C25H25F3N2O5S. The molecule has 7 nitrogen and oxygen atoms in total. The summed E-state index contributed by atoms with van der Waals surface area (Å²) in [7, 11) is 0.0741. The van der Waals surface area contributed by atoms with Gasteiger partial charge in [0.15, 0.2) is 11.5 Å². The number of nitrogens with zero attached hydrogens (tertiary/aromatic N) is 2. The van der Waals surface area contributed by atoms with Gasteiger partial charge in [-0.3, -0.25) is 9.10 Å². The first-order valence-corrected chi connectivity index (χ1v) is 12.1. The standard InChI is InChI=1S/C25H25F3N2O5S/c1-29(16-18-12-13-22(34-2)23(14-18)35-3)24(31)17-30(36(32,33)21-10-5-4-6-11-21)20-9-7-8-19(15-20)25(26,27)28/h4-15H,16-17H2,1-3H3. The molecule has 0 fully saturated rings. The summed E-state index contributed by atoms with van der Waals surface area (Å²) in [6.45, 7) is -0.608. The molecule has 0 aliphatic rings. The number of sulfonamides is 1. The van der Waals surface area contributed by atoms with Gasteiger partial charge in [0.1, 0.15) is 6.54 Å². The molecule has 0 aromatic heterocycles. The van der Waals surface area contributed by atoms with E-state index in [1.807, 2.05) is 0 Å². The SMILES string of the molecule is COc1ccc(CN(C)C(=O)CN(c2cccc(C(F)(F)F)c2)S(=O)(=O)c2ccccc2)cc1OC. The topological polar surface area (TPSA) is 76.2 Å². The van der Waals surface area contributed by atoms with Crippen LogP contribution in [0.3, 0.4) is 0 Å². The number of anilines is 1. The first-order chi connectivity index (χ1) is 17.0. The highest BCUT2D eigenvalue weighted by Gasteiger charge is 2.33. The van der Waals surface area contributed by atoms with Crippen molar-refractivity contribution in [1.82, 2.24) is 4.90 Å². The van der Waals surface area contributed by atoms with Gasteiger partial charge in [-0.25, -0.2) is 8.42 Å².